The van der Waals surface area contributed by atoms with E-state index in [-0.39, 0.29) is 39.8 Å². The van der Waals surface area contributed by atoms with E-state index >= 15 is 0 Å². The van der Waals surface area contributed by atoms with Gasteiger partial charge < -0.3 is 15.7 Å². The number of amides is 1. The average molecular weight is 506 g/mol. The predicted octanol–water partition coefficient (Wildman–Crippen LogP) is 1.53. The van der Waals surface area contributed by atoms with E-state index in [0.29, 0.717) is 0 Å². The largest absolute Gasteiger partial charge is 0.400 e. The SMILES string of the molecule is NC1=C(C=NS(=O)(=O)c2cnn(CC(F)F)c2)CN(C(=O)[C@H](CO)c2cccc(F)c2Cl)C1. The van der Waals surface area contributed by atoms with Gasteiger partial charge in [-0.25, -0.2) is 13.2 Å². The van der Waals surface area contributed by atoms with Gasteiger partial charge in [-0.05, 0) is 11.6 Å². The first kappa shape index (κ1) is 24.7. The Morgan fingerprint density at radius 3 is 2.76 bits per heavy atom. The first-order chi connectivity index (χ1) is 15.5. The van der Waals surface area contributed by atoms with Crippen LogP contribution in [-0.2, 0) is 21.4 Å². The fraction of sp³-hybridized carbons (Fsp3) is 0.316. The molecule has 2 aromatic rings. The molecule has 1 aliphatic rings. The number of nitrogens with zero attached hydrogens (tertiary/aromatic N) is 4. The highest BCUT2D eigenvalue weighted by Crippen LogP contribution is 2.29. The Balaban J connectivity index is 1.73. The summed E-state index contributed by atoms with van der Waals surface area (Å²) in [5, 5.41) is 13.0. The van der Waals surface area contributed by atoms with Crippen LogP contribution in [0.1, 0.15) is 11.5 Å². The van der Waals surface area contributed by atoms with Crippen molar-refractivity contribution < 1.29 is 31.5 Å². The Bertz CT molecular complexity index is 1220. The van der Waals surface area contributed by atoms with Crippen molar-refractivity contribution in [2.75, 3.05) is 19.7 Å². The molecule has 0 bridgehead atoms. The third-order valence-electron chi connectivity index (χ3n) is 4.86. The van der Waals surface area contributed by atoms with Gasteiger partial charge >= 0.3 is 0 Å². The number of hydrogen-bond donors (Lipinski definition) is 2. The molecule has 33 heavy (non-hydrogen) atoms. The minimum absolute atomic E-state index is 0.0734. The van der Waals surface area contributed by atoms with E-state index in [1.165, 1.54) is 17.0 Å². The van der Waals surface area contributed by atoms with E-state index in [1.807, 2.05) is 0 Å². The van der Waals surface area contributed by atoms with Crippen LogP contribution < -0.4 is 5.73 Å². The number of aromatic nitrogens is 2. The van der Waals surface area contributed by atoms with Crippen molar-refractivity contribution >= 4 is 33.7 Å². The second kappa shape index (κ2) is 9.93. The number of nitrogens with two attached hydrogens (primary N) is 1. The Labute approximate surface area is 192 Å². The van der Waals surface area contributed by atoms with E-state index < -0.39 is 47.2 Å². The molecule has 1 aliphatic heterocycles. The number of benzene rings is 1. The fourth-order valence-corrected chi connectivity index (χ4v) is 4.26. The van der Waals surface area contributed by atoms with E-state index in [4.69, 9.17) is 17.3 Å². The van der Waals surface area contributed by atoms with Crippen LogP contribution in [0.2, 0.25) is 5.02 Å². The maximum Gasteiger partial charge on any atom is 0.285 e. The highest BCUT2D eigenvalue weighted by Gasteiger charge is 2.32. The van der Waals surface area contributed by atoms with Crippen LogP contribution >= 0.6 is 11.6 Å². The number of aliphatic hydroxyl groups excluding tert-OH is 1. The topological polar surface area (TPSA) is 131 Å². The van der Waals surface area contributed by atoms with E-state index in [9.17, 15) is 31.5 Å². The molecule has 0 spiro atoms. The molecule has 3 N–H and O–H groups in total. The number of carbonyl (C=O) groups is 1. The van der Waals surface area contributed by atoms with Crippen LogP contribution in [0.5, 0.6) is 0 Å². The molecular weight excluding hydrogens is 487 g/mol. The Kier molecular flexibility index (Phi) is 7.44. The minimum atomic E-state index is -4.25. The van der Waals surface area contributed by atoms with Gasteiger partial charge in [0.15, 0.2) is 0 Å². The number of alkyl halides is 2. The van der Waals surface area contributed by atoms with Crippen LogP contribution in [0, 0.1) is 5.82 Å². The number of hydrogen-bond acceptors (Lipinski definition) is 6. The Hall–Kier alpha value is -2.90. The molecule has 0 saturated carbocycles. The summed E-state index contributed by atoms with van der Waals surface area (Å²) in [6.07, 6.45) is 0.0772. The summed E-state index contributed by atoms with van der Waals surface area (Å²) >= 11 is 5.93. The maximum atomic E-state index is 13.8. The van der Waals surface area contributed by atoms with Crippen molar-refractivity contribution in [2.24, 2.45) is 10.1 Å². The maximum absolute atomic E-state index is 13.8. The quantitative estimate of drug-likeness (QED) is 0.523. The molecule has 14 heteroatoms. The van der Waals surface area contributed by atoms with Gasteiger partial charge in [0.1, 0.15) is 17.3 Å². The van der Waals surface area contributed by atoms with Gasteiger partial charge in [-0.3, -0.25) is 9.48 Å². The zero-order valence-corrected chi connectivity index (χ0v) is 18.5. The zero-order valence-electron chi connectivity index (χ0n) is 16.9. The van der Waals surface area contributed by atoms with Crippen LogP contribution in [0.3, 0.4) is 0 Å². The zero-order chi connectivity index (χ0) is 24.3. The second-order valence-electron chi connectivity index (χ2n) is 7.12. The number of aliphatic hydroxyl groups is 1. The van der Waals surface area contributed by atoms with E-state index in [0.717, 1.165) is 29.4 Å². The molecule has 1 aromatic heterocycles. The molecule has 1 aromatic carbocycles. The summed E-state index contributed by atoms with van der Waals surface area (Å²) in [6.45, 7) is -1.59. The van der Waals surface area contributed by atoms with Gasteiger partial charge in [0.2, 0.25) is 5.91 Å². The lowest BCUT2D eigenvalue weighted by molar-refractivity contribution is -0.132. The summed E-state index contributed by atoms with van der Waals surface area (Å²) < 4.78 is 67.6. The lowest BCUT2D eigenvalue weighted by Crippen LogP contribution is -2.36. The summed E-state index contributed by atoms with van der Waals surface area (Å²) in [4.78, 5) is 13.8. The van der Waals surface area contributed by atoms with Crippen LogP contribution in [0.4, 0.5) is 13.2 Å². The lowest BCUT2D eigenvalue weighted by Gasteiger charge is -2.23. The fourth-order valence-electron chi connectivity index (χ4n) is 3.18. The molecule has 9 nitrogen and oxygen atoms in total. The molecule has 0 unspecified atom stereocenters. The van der Waals surface area contributed by atoms with Crippen molar-refractivity contribution in [1.82, 2.24) is 14.7 Å². The molecule has 0 fully saturated rings. The van der Waals surface area contributed by atoms with Crippen LogP contribution in [0.25, 0.3) is 0 Å². The van der Waals surface area contributed by atoms with Gasteiger partial charge in [0.25, 0.3) is 16.4 Å². The number of halogens is 4. The van der Waals surface area contributed by atoms with Crippen molar-refractivity contribution in [3.05, 3.63) is 58.3 Å². The standard InChI is InChI=1S/C19H19ClF3N5O4S/c20-18-13(2-1-3-15(18)21)14(10-29)19(30)27-6-11(16(24)8-27)4-26-33(31,32)12-5-25-28(7-12)9-17(22)23/h1-5,7,14,17,29H,6,8-10,24H2/t14-/m1/s1. The van der Waals surface area contributed by atoms with Crippen molar-refractivity contribution in [2.45, 2.75) is 23.8 Å². The van der Waals surface area contributed by atoms with Gasteiger partial charge in [-0.2, -0.15) is 17.9 Å². The average Bonchev–Trinajstić information content (AvgIpc) is 3.36. The van der Waals surface area contributed by atoms with Gasteiger partial charge in [-0.15, -0.1) is 0 Å². The van der Waals surface area contributed by atoms with Crippen molar-refractivity contribution in [1.29, 1.82) is 0 Å². The lowest BCUT2D eigenvalue weighted by atomic mass is 9.98. The van der Waals surface area contributed by atoms with Crippen molar-refractivity contribution in [3.8, 4) is 0 Å². The molecule has 1 atom stereocenters. The molecule has 2 heterocycles. The highest BCUT2D eigenvalue weighted by atomic mass is 35.5. The van der Waals surface area contributed by atoms with E-state index in [2.05, 4.69) is 9.50 Å². The van der Waals surface area contributed by atoms with Gasteiger partial charge in [0.05, 0.1) is 30.3 Å². The molecule has 1 amide bonds. The third-order valence-corrected chi connectivity index (χ3v) is 6.45. The monoisotopic (exact) mass is 505 g/mol. The summed E-state index contributed by atoms with van der Waals surface area (Å²) in [5.41, 5.74) is 6.42. The predicted molar refractivity (Wildman–Crippen MR) is 113 cm³/mol. The molecule has 0 saturated heterocycles. The molecule has 0 aliphatic carbocycles. The molecule has 178 valence electrons. The van der Waals surface area contributed by atoms with Gasteiger partial charge in [-0.1, -0.05) is 23.7 Å². The summed E-state index contributed by atoms with van der Waals surface area (Å²) in [6, 6.07) is 3.89. The summed E-state index contributed by atoms with van der Waals surface area (Å²) in [7, 11) is -4.25. The first-order valence-electron chi connectivity index (χ1n) is 9.45. The smallest absolute Gasteiger partial charge is 0.285 e. The molecular formula is C19H19ClF3N5O4S. The third kappa shape index (κ3) is 5.54. The first-order valence-corrected chi connectivity index (χ1v) is 11.3. The van der Waals surface area contributed by atoms with Crippen LogP contribution in [0.15, 0.2) is 51.2 Å². The van der Waals surface area contributed by atoms with Crippen molar-refractivity contribution in [3.63, 3.8) is 0 Å². The minimum Gasteiger partial charge on any atom is -0.400 e. The van der Waals surface area contributed by atoms with Crippen LogP contribution in [-0.4, -0.2) is 66.4 Å². The molecule has 0 radical (unpaired) electrons. The Morgan fingerprint density at radius 1 is 1.36 bits per heavy atom. The number of carbonyl (C=O) groups excluding carboxylic acids is 1. The number of rotatable bonds is 8. The summed E-state index contributed by atoms with van der Waals surface area (Å²) in [5.74, 6) is -2.48. The highest BCUT2D eigenvalue weighted by molar-refractivity contribution is 7.90. The second-order valence-corrected chi connectivity index (χ2v) is 9.13. The molecule has 3 rings (SSSR count). The normalized spacial score (nSPS) is 15.8. The van der Waals surface area contributed by atoms with Gasteiger partial charge in [0, 0.05) is 30.2 Å². The van der Waals surface area contributed by atoms with E-state index in [1.54, 1.807) is 0 Å². The Morgan fingerprint density at radius 2 is 2.09 bits per heavy atom. The number of sulfonamides is 1.